The number of ether oxygens (including phenoxy) is 2. The van der Waals surface area contributed by atoms with Crippen molar-refractivity contribution < 1.29 is 9.47 Å². The highest BCUT2D eigenvalue weighted by molar-refractivity contribution is 7.81. The molecule has 4 nitrogen and oxygen atoms in total. The Kier molecular flexibility index (Phi) is 4.70. The zero-order chi connectivity index (χ0) is 13.7. The van der Waals surface area contributed by atoms with Crippen LogP contribution in [-0.2, 0) is 6.61 Å². The Morgan fingerprint density at radius 1 is 1.32 bits per heavy atom. The lowest BCUT2D eigenvalue weighted by Gasteiger charge is -2.10. The van der Waals surface area contributed by atoms with Crippen LogP contribution in [0.5, 0.6) is 11.5 Å². The SMILES string of the molecule is CCOc1ccccc1OCc1ncc(C(N)=S)s1. The summed E-state index contributed by atoms with van der Waals surface area (Å²) in [5.41, 5.74) is 5.54. The first kappa shape index (κ1) is 13.8. The van der Waals surface area contributed by atoms with E-state index in [-0.39, 0.29) is 0 Å². The number of nitrogens with two attached hydrogens (primary N) is 1. The molecule has 2 aromatic rings. The molecule has 0 bridgehead atoms. The highest BCUT2D eigenvalue weighted by Crippen LogP contribution is 2.27. The van der Waals surface area contributed by atoms with Gasteiger partial charge >= 0.3 is 0 Å². The highest BCUT2D eigenvalue weighted by atomic mass is 32.1. The van der Waals surface area contributed by atoms with Gasteiger partial charge in [-0.15, -0.1) is 11.3 Å². The Hall–Kier alpha value is -1.66. The van der Waals surface area contributed by atoms with E-state index in [0.29, 0.717) is 24.0 Å². The lowest BCUT2D eigenvalue weighted by atomic mass is 10.3. The van der Waals surface area contributed by atoms with Crippen LogP contribution in [0.15, 0.2) is 30.5 Å². The standard InChI is InChI=1S/C13H14N2O2S2/c1-2-16-9-5-3-4-6-10(9)17-8-12-15-7-11(19-12)13(14)18/h3-7H,2,8H2,1H3,(H2,14,18). The highest BCUT2D eigenvalue weighted by Gasteiger charge is 2.07. The average molecular weight is 294 g/mol. The van der Waals surface area contributed by atoms with E-state index in [0.717, 1.165) is 15.6 Å². The van der Waals surface area contributed by atoms with Crippen molar-refractivity contribution in [3.63, 3.8) is 0 Å². The summed E-state index contributed by atoms with van der Waals surface area (Å²) in [6.07, 6.45) is 1.67. The largest absolute Gasteiger partial charge is 0.490 e. The minimum atomic E-state index is 0.360. The topological polar surface area (TPSA) is 57.4 Å². The third kappa shape index (κ3) is 3.65. The van der Waals surface area contributed by atoms with Gasteiger partial charge in [0.15, 0.2) is 11.5 Å². The van der Waals surface area contributed by atoms with E-state index < -0.39 is 0 Å². The third-order valence-electron chi connectivity index (χ3n) is 2.30. The number of thiazole rings is 1. The zero-order valence-electron chi connectivity index (χ0n) is 10.5. The molecule has 0 fully saturated rings. The van der Waals surface area contributed by atoms with Crippen LogP contribution in [0.1, 0.15) is 16.8 Å². The molecule has 0 aliphatic rings. The fraction of sp³-hybridized carbons (Fsp3) is 0.231. The van der Waals surface area contributed by atoms with Gasteiger partial charge in [0.1, 0.15) is 16.6 Å². The van der Waals surface area contributed by atoms with E-state index in [1.54, 1.807) is 6.20 Å². The monoisotopic (exact) mass is 294 g/mol. The van der Waals surface area contributed by atoms with Gasteiger partial charge in [-0.25, -0.2) is 4.98 Å². The summed E-state index contributed by atoms with van der Waals surface area (Å²) in [6.45, 7) is 2.91. The molecule has 0 saturated heterocycles. The maximum Gasteiger partial charge on any atom is 0.161 e. The lowest BCUT2D eigenvalue weighted by molar-refractivity contribution is 0.269. The molecule has 0 spiro atoms. The van der Waals surface area contributed by atoms with Gasteiger partial charge in [-0.2, -0.15) is 0 Å². The van der Waals surface area contributed by atoms with E-state index in [1.165, 1.54) is 11.3 Å². The minimum absolute atomic E-state index is 0.360. The molecule has 1 heterocycles. The first-order valence-electron chi connectivity index (χ1n) is 5.80. The van der Waals surface area contributed by atoms with E-state index in [9.17, 15) is 0 Å². The lowest BCUT2D eigenvalue weighted by Crippen LogP contribution is -2.06. The second-order valence-corrected chi connectivity index (χ2v) is 5.21. The number of hydrogen-bond acceptors (Lipinski definition) is 5. The fourth-order valence-corrected chi connectivity index (χ4v) is 2.34. The normalized spacial score (nSPS) is 10.2. The smallest absolute Gasteiger partial charge is 0.161 e. The summed E-state index contributed by atoms with van der Waals surface area (Å²) < 4.78 is 11.2. The molecule has 1 aromatic heterocycles. The summed E-state index contributed by atoms with van der Waals surface area (Å²) in [5.74, 6) is 1.44. The van der Waals surface area contributed by atoms with E-state index >= 15 is 0 Å². The molecule has 0 amide bonds. The minimum Gasteiger partial charge on any atom is -0.490 e. The van der Waals surface area contributed by atoms with Crippen LogP contribution >= 0.6 is 23.6 Å². The number of hydrogen-bond donors (Lipinski definition) is 1. The Balaban J connectivity index is 2.03. The molecule has 100 valence electrons. The molecular weight excluding hydrogens is 280 g/mol. The zero-order valence-corrected chi connectivity index (χ0v) is 12.1. The molecule has 6 heteroatoms. The second kappa shape index (κ2) is 6.49. The fourth-order valence-electron chi connectivity index (χ4n) is 1.47. The maximum atomic E-state index is 5.71. The van der Waals surface area contributed by atoms with Crippen LogP contribution in [0.4, 0.5) is 0 Å². The number of para-hydroxylation sites is 2. The van der Waals surface area contributed by atoms with Crippen LogP contribution in [0.3, 0.4) is 0 Å². The Morgan fingerprint density at radius 2 is 2.00 bits per heavy atom. The molecular formula is C13H14N2O2S2. The molecule has 0 aliphatic heterocycles. The number of thiocarbonyl (C=S) groups is 1. The van der Waals surface area contributed by atoms with Gasteiger partial charge in [-0.05, 0) is 19.1 Å². The molecule has 2 N–H and O–H groups in total. The van der Waals surface area contributed by atoms with Gasteiger partial charge in [0.2, 0.25) is 0 Å². The first-order valence-corrected chi connectivity index (χ1v) is 7.02. The Morgan fingerprint density at radius 3 is 2.58 bits per heavy atom. The molecule has 0 aliphatic carbocycles. The van der Waals surface area contributed by atoms with Crippen LogP contribution in [0.25, 0.3) is 0 Å². The number of nitrogens with zero attached hydrogens (tertiary/aromatic N) is 1. The summed E-state index contributed by atoms with van der Waals surface area (Å²) in [7, 11) is 0. The second-order valence-electron chi connectivity index (χ2n) is 3.65. The molecule has 2 rings (SSSR count). The van der Waals surface area contributed by atoms with Crippen LogP contribution in [0.2, 0.25) is 0 Å². The molecule has 0 unspecified atom stereocenters. The van der Waals surface area contributed by atoms with E-state index in [4.69, 9.17) is 27.4 Å². The number of benzene rings is 1. The number of rotatable bonds is 6. The van der Waals surface area contributed by atoms with Gasteiger partial charge in [0.05, 0.1) is 11.5 Å². The van der Waals surface area contributed by atoms with Gasteiger partial charge in [0, 0.05) is 6.20 Å². The molecule has 0 radical (unpaired) electrons. The summed E-state index contributed by atoms with van der Waals surface area (Å²) in [5, 5.41) is 0.828. The van der Waals surface area contributed by atoms with Gasteiger partial charge in [0.25, 0.3) is 0 Å². The summed E-state index contributed by atoms with van der Waals surface area (Å²) >= 11 is 6.33. The molecule has 0 atom stereocenters. The first-order chi connectivity index (χ1) is 9.20. The van der Waals surface area contributed by atoms with Crippen LogP contribution < -0.4 is 15.2 Å². The van der Waals surface area contributed by atoms with Crippen molar-refractivity contribution in [2.45, 2.75) is 13.5 Å². The van der Waals surface area contributed by atoms with E-state index in [1.807, 2.05) is 31.2 Å². The van der Waals surface area contributed by atoms with Crippen molar-refractivity contribution in [3.05, 3.63) is 40.3 Å². The Labute approximate surface area is 121 Å². The van der Waals surface area contributed by atoms with Gasteiger partial charge in [-0.3, -0.25) is 0 Å². The van der Waals surface area contributed by atoms with E-state index in [2.05, 4.69) is 4.98 Å². The van der Waals surface area contributed by atoms with Crippen LogP contribution in [-0.4, -0.2) is 16.6 Å². The molecule has 19 heavy (non-hydrogen) atoms. The average Bonchev–Trinajstić information content (AvgIpc) is 2.87. The van der Waals surface area contributed by atoms with Crippen molar-refractivity contribution in [2.24, 2.45) is 5.73 Å². The quantitative estimate of drug-likeness (QED) is 0.830. The van der Waals surface area contributed by atoms with Gasteiger partial charge in [-0.1, -0.05) is 24.4 Å². The van der Waals surface area contributed by atoms with Gasteiger partial charge < -0.3 is 15.2 Å². The van der Waals surface area contributed by atoms with Crippen molar-refractivity contribution in [3.8, 4) is 11.5 Å². The van der Waals surface area contributed by atoms with Crippen molar-refractivity contribution in [1.82, 2.24) is 4.98 Å². The molecule has 1 aromatic carbocycles. The summed E-state index contributed by atoms with van der Waals surface area (Å²) in [4.78, 5) is 5.37. The van der Waals surface area contributed by atoms with Crippen LogP contribution in [0, 0.1) is 0 Å². The maximum absolute atomic E-state index is 5.71. The van der Waals surface area contributed by atoms with Crippen molar-refractivity contribution in [2.75, 3.05) is 6.61 Å². The molecule has 0 saturated carbocycles. The third-order valence-corrected chi connectivity index (χ3v) is 3.65. The predicted octanol–water partition coefficient (Wildman–Crippen LogP) is 2.75. The van der Waals surface area contributed by atoms with Crippen molar-refractivity contribution >= 4 is 28.5 Å². The number of aromatic nitrogens is 1. The van der Waals surface area contributed by atoms with Crippen molar-refractivity contribution in [1.29, 1.82) is 0 Å². The summed E-state index contributed by atoms with van der Waals surface area (Å²) in [6, 6.07) is 7.56. The Bertz CT molecular complexity index is 569. The predicted molar refractivity (Wildman–Crippen MR) is 79.9 cm³/mol.